The number of thiophene rings is 1. The molecule has 21 heavy (non-hydrogen) atoms. The lowest BCUT2D eigenvalue weighted by Crippen LogP contribution is -2.43. The molecule has 5 heteroatoms. The van der Waals surface area contributed by atoms with E-state index in [9.17, 15) is 0 Å². The number of hydrogen-bond donors (Lipinski definition) is 2. The lowest BCUT2D eigenvalue weighted by Gasteiger charge is -2.21. The second kappa shape index (κ2) is 8.39. The number of rotatable bonds is 8. The fourth-order valence-electron chi connectivity index (χ4n) is 2.50. The van der Waals surface area contributed by atoms with Crippen LogP contribution in [0.3, 0.4) is 0 Å². The van der Waals surface area contributed by atoms with Crippen molar-refractivity contribution in [1.82, 2.24) is 15.5 Å². The molecular formula is C16H28N4S. The van der Waals surface area contributed by atoms with Crippen molar-refractivity contribution >= 4 is 17.3 Å². The molecule has 4 nitrogen and oxygen atoms in total. The van der Waals surface area contributed by atoms with Gasteiger partial charge in [0, 0.05) is 32.7 Å². The lowest BCUT2D eigenvalue weighted by molar-refractivity contribution is 0.282. The molecule has 1 aromatic rings. The molecule has 0 saturated heterocycles. The molecule has 118 valence electrons. The molecule has 2 N–H and O–H groups in total. The van der Waals surface area contributed by atoms with E-state index in [2.05, 4.69) is 51.2 Å². The molecule has 1 fully saturated rings. The summed E-state index contributed by atoms with van der Waals surface area (Å²) < 4.78 is 0. The van der Waals surface area contributed by atoms with E-state index in [1.54, 1.807) is 11.3 Å². The lowest BCUT2D eigenvalue weighted by atomic mass is 10.1. The van der Waals surface area contributed by atoms with Gasteiger partial charge in [0.25, 0.3) is 0 Å². The van der Waals surface area contributed by atoms with Crippen LogP contribution in [-0.4, -0.2) is 50.1 Å². The van der Waals surface area contributed by atoms with Crippen LogP contribution in [0.5, 0.6) is 0 Å². The van der Waals surface area contributed by atoms with Crippen molar-refractivity contribution in [2.75, 3.05) is 33.2 Å². The molecule has 0 aliphatic heterocycles. The number of aliphatic imine (C=N–C) groups is 1. The Morgan fingerprint density at radius 2 is 2.29 bits per heavy atom. The van der Waals surface area contributed by atoms with Crippen molar-refractivity contribution in [2.24, 2.45) is 4.99 Å². The van der Waals surface area contributed by atoms with Crippen LogP contribution in [0.1, 0.15) is 38.2 Å². The summed E-state index contributed by atoms with van der Waals surface area (Å²) in [5, 5.41) is 11.2. The van der Waals surface area contributed by atoms with Crippen LogP contribution in [0.15, 0.2) is 21.8 Å². The Morgan fingerprint density at radius 3 is 2.86 bits per heavy atom. The molecule has 0 aromatic carbocycles. The van der Waals surface area contributed by atoms with Gasteiger partial charge in [0.1, 0.15) is 0 Å². The highest BCUT2D eigenvalue weighted by molar-refractivity contribution is 7.07. The van der Waals surface area contributed by atoms with Crippen molar-refractivity contribution in [3.05, 3.63) is 22.4 Å². The van der Waals surface area contributed by atoms with Crippen LogP contribution in [0.25, 0.3) is 0 Å². The normalized spacial score (nSPS) is 17.0. The van der Waals surface area contributed by atoms with Gasteiger partial charge < -0.3 is 10.6 Å². The average Bonchev–Trinajstić information content (AvgIpc) is 3.19. The first-order chi connectivity index (χ1) is 10.2. The molecule has 0 spiro atoms. The second-order valence-corrected chi connectivity index (χ2v) is 6.48. The van der Waals surface area contributed by atoms with Gasteiger partial charge in [-0.25, -0.2) is 0 Å². The number of nitrogens with one attached hydrogen (secondary N) is 2. The molecular weight excluding hydrogens is 280 g/mol. The van der Waals surface area contributed by atoms with Gasteiger partial charge in [-0.05, 0) is 47.7 Å². The average molecular weight is 308 g/mol. The summed E-state index contributed by atoms with van der Waals surface area (Å²) in [6, 6.07) is 3.03. The third kappa shape index (κ3) is 5.32. The largest absolute Gasteiger partial charge is 0.356 e. The van der Waals surface area contributed by atoms with E-state index in [4.69, 9.17) is 0 Å². The topological polar surface area (TPSA) is 39.7 Å². The van der Waals surface area contributed by atoms with Gasteiger partial charge in [0.2, 0.25) is 0 Å². The fraction of sp³-hybridized carbons (Fsp3) is 0.688. The Labute approximate surface area is 132 Å². The maximum Gasteiger partial charge on any atom is 0.191 e. The van der Waals surface area contributed by atoms with Gasteiger partial charge in [0.15, 0.2) is 5.96 Å². The molecule has 0 amide bonds. The molecule has 1 aliphatic carbocycles. The van der Waals surface area contributed by atoms with E-state index < -0.39 is 0 Å². The quantitative estimate of drug-likeness (QED) is 0.572. The van der Waals surface area contributed by atoms with E-state index in [1.165, 1.54) is 18.4 Å². The predicted octanol–water partition coefficient (Wildman–Crippen LogP) is 2.50. The summed E-state index contributed by atoms with van der Waals surface area (Å²) in [4.78, 5) is 6.85. The standard InChI is InChI=1S/C16H28N4S/c1-4-20(15-5-6-15)9-8-18-16(17-3)19-11-13(2)14-7-10-21-12-14/h7,10,12-13,15H,4-6,8-9,11H2,1-3H3,(H2,17,18,19). The zero-order valence-corrected chi connectivity index (χ0v) is 14.2. The second-order valence-electron chi connectivity index (χ2n) is 5.70. The summed E-state index contributed by atoms with van der Waals surface area (Å²) in [5.41, 5.74) is 1.40. The third-order valence-corrected chi connectivity index (χ3v) is 4.77. The Bertz CT molecular complexity index is 425. The molecule has 1 aliphatic rings. The number of guanidine groups is 1. The number of likely N-dealkylation sites (N-methyl/N-ethyl adjacent to an activating group) is 1. The Hall–Kier alpha value is -1.07. The molecule has 1 aromatic heterocycles. The first kappa shape index (κ1) is 16.3. The molecule has 2 rings (SSSR count). The summed E-state index contributed by atoms with van der Waals surface area (Å²) in [6.45, 7) is 8.60. The first-order valence-electron chi connectivity index (χ1n) is 7.95. The smallest absolute Gasteiger partial charge is 0.191 e. The van der Waals surface area contributed by atoms with Gasteiger partial charge in [-0.2, -0.15) is 11.3 Å². The minimum absolute atomic E-state index is 0.508. The van der Waals surface area contributed by atoms with Crippen molar-refractivity contribution in [3.8, 4) is 0 Å². The van der Waals surface area contributed by atoms with Crippen LogP contribution in [-0.2, 0) is 0 Å². The zero-order valence-electron chi connectivity index (χ0n) is 13.4. The minimum Gasteiger partial charge on any atom is -0.356 e. The van der Waals surface area contributed by atoms with Crippen LogP contribution in [0.4, 0.5) is 0 Å². The van der Waals surface area contributed by atoms with E-state index in [0.29, 0.717) is 5.92 Å². The molecule has 1 saturated carbocycles. The van der Waals surface area contributed by atoms with Gasteiger partial charge in [-0.3, -0.25) is 9.89 Å². The summed E-state index contributed by atoms with van der Waals surface area (Å²) in [7, 11) is 1.84. The fourth-order valence-corrected chi connectivity index (χ4v) is 3.28. The number of nitrogens with zero attached hydrogens (tertiary/aromatic N) is 2. The van der Waals surface area contributed by atoms with Crippen LogP contribution in [0.2, 0.25) is 0 Å². The van der Waals surface area contributed by atoms with Crippen molar-refractivity contribution in [3.63, 3.8) is 0 Å². The van der Waals surface area contributed by atoms with Crippen molar-refractivity contribution in [2.45, 2.75) is 38.6 Å². The highest BCUT2D eigenvalue weighted by Crippen LogP contribution is 2.25. The predicted molar refractivity (Wildman–Crippen MR) is 92.4 cm³/mol. The first-order valence-corrected chi connectivity index (χ1v) is 8.89. The Morgan fingerprint density at radius 1 is 1.48 bits per heavy atom. The summed E-state index contributed by atoms with van der Waals surface area (Å²) >= 11 is 1.76. The molecule has 1 atom stereocenters. The van der Waals surface area contributed by atoms with Crippen LogP contribution >= 0.6 is 11.3 Å². The molecule has 0 bridgehead atoms. The minimum atomic E-state index is 0.508. The SMILES string of the molecule is CCN(CCNC(=NC)NCC(C)c1ccsc1)C1CC1. The van der Waals surface area contributed by atoms with Crippen LogP contribution < -0.4 is 10.6 Å². The maximum absolute atomic E-state index is 4.30. The maximum atomic E-state index is 4.30. The van der Waals surface area contributed by atoms with Gasteiger partial charge >= 0.3 is 0 Å². The summed E-state index contributed by atoms with van der Waals surface area (Å²) in [5.74, 6) is 1.41. The van der Waals surface area contributed by atoms with Gasteiger partial charge in [-0.15, -0.1) is 0 Å². The van der Waals surface area contributed by atoms with E-state index in [-0.39, 0.29) is 0 Å². The molecule has 0 radical (unpaired) electrons. The van der Waals surface area contributed by atoms with Crippen LogP contribution in [0, 0.1) is 0 Å². The zero-order chi connectivity index (χ0) is 15.1. The van der Waals surface area contributed by atoms with Gasteiger partial charge in [0.05, 0.1) is 0 Å². The third-order valence-electron chi connectivity index (χ3n) is 4.07. The molecule has 1 unspecified atom stereocenters. The van der Waals surface area contributed by atoms with E-state index in [0.717, 1.165) is 38.2 Å². The molecule has 1 heterocycles. The Kier molecular flexibility index (Phi) is 6.51. The highest BCUT2D eigenvalue weighted by atomic mass is 32.1. The van der Waals surface area contributed by atoms with E-state index >= 15 is 0 Å². The summed E-state index contributed by atoms with van der Waals surface area (Å²) in [6.07, 6.45) is 2.75. The van der Waals surface area contributed by atoms with Crippen molar-refractivity contribution < 1.29 is 0 Å². The Balaban J connectivity index is 1.66. The highest BCUT2D eigenvalue weighted by Gasteiger charge is 2.27. The van der Waals surface area contributed by atoms with Gasteiger partial charge in [-0.1, -0.05) is 13.8 Å². The number of hydrogen-bond acceptors (Lipinski definition) is 3. The monoisotopic (exact) mass is 308 g/mol. The van der Waals surface area contributed by atoms with E-state index in [1.807, 2.05) is 7.05 Å². The van der Waals surface area contributed by atoms with Crippen molar-refractivity contribution in [1.29, 1.82) is 0 Å².